The van der Waals surface area contributed by atoms with E-state index in [4.69, 9.17) is 0 Å². The summed E-state index contributed by atoms with van der Waals surface area (Å²) in [5, 5.41) is 0. The van der Waals surface area contributed by atoms with Gasteiger partial charge < -0.3 is 0 Å². The number of hydrogen-bond donors (Lipinski definition) is 4. The largest absolute Gasteiger partial charge is 0.371 e. The van der Waals surface area contributed by atoms with E-state index < -0.39 is 34.1 Å². The third-order valence-electron chi connectivity index (χ3n) is 1.80. The highest BCUT2D eigenvalue weighted by atomic mass is 17.3. The maximum Gasteiger partial charge on any atom is 0.371 e. The average Bonchev–Trinajstić information content (AvgIpc) is 2.30. The van der Waals surface area contributed by atoms with Crippen LogP contribution in [0.3, 0.4) is 0 Å². The molecule has 0 amide bonds. The van der Waals surface area contributed by atoms with E-state index in [2.05, 4.69) is 9.98 Å². The average molecular weight is 288 g/mol. The molecule has 20 heavy (non-hydrogen) atoms. The summed E-state index contributed by atoms with van der Waals surface area (Å²) in [5.74, 6) is 0. The van der Waals surface area contributed by atoms with Crippen molar-refractivity contribution in [2.24, 2.45) is 0 Å². The molecule has 4 N–H and O–H groups in total. The van der Waals surface area contributed by atoms with Crippen LogP contribution in [0.25, 0.3) is 0 Å². The van der Waals surface area contributed by atoms with Gasteiger partial charge in [0.1, 0.15) is 0 Å². The van der Waals surface area contributed by atoms with E-state index in [0.29, 0.717) is 0 Å². The lowest BCUT2D eigenvalue weighted by molar-refractivity contribution is -0.303. The van der Waals surface area contributed by atoms with Gasteiger partial charge in [-0.15, -0.1) is 0 Å². The minimum atomic E-state index is -1.33. The molecule has 0 aliphatic rings. The maximum absolute atomic E-state index is 11.2. The van der Waals surface area contributed by atoms with Crippen LogP contribution in [0, 0.1) is 0 Å². The Morgan fingerprint density at radius 3 is 1.05 bits per heavy atom. The Kier molecular flexibility index (Phi) is 2.96. The highest BCUT2D eigenvalue weighted by molar-refractivity contribution is 4.65. The first kappa shape index (κ1) is 12.9. The lowest BCUT2D eigenvalue weighted by Gasteiger charge is -2.03. The molecule has 0 saturated heterocycles. The third kappa shape index (κ3) is 2.33. The number of nitrogens with one attached hydrogen (secondary N) is 4. The zero-order valence-electron chi connectivity index (χ0n) is 9.16. The van der Waals surface area contributed by atoms with Crippen molar-refractivity contribution in [3.8, 4) is 0 Å². The zero-order chi connectivity index (χ0) is 14.9. The summed E-state index contributed by atoms with van der Waals surface area (Å²) in [6.45, 7) is 0. The van der Waals surface area contributed by atoms with Crippen LogP contribution in [-0.2, 0) is 0 Å². The summed E-state index contributed by atoms with van der Waals surface area (Å²) in [6.07, 6.45) is 0. The van der Waals surface area contributed by atoms with Gasteiger partial charge in [0.05, 0.1) is 0 Å². The normalized spacial score (nSPS) is 10.2. The predicted molar refractivity (Wildman–Crippen MR) is 57.0 cm³/mol. The van der Waals surface area contributed by atoms with Crippen LogP contribution in [0.15, 0.2) is 28.8 Å². The van der Waals surface area contributed by atoms with Gasteiger partial charge in [-0.2, -0.15) is 9.98 Å². The second-order valence-electron chi connectivity index (χ2n) is 3.12. The molecule has 2 aromatic heterocycles. The molecule has 0 atom stereocenters. The molecule has 2 heterocycles. The summed E-state index contributed by atoms with van der Waals surface area (Å²) >= 11 is 0. The van der Waals surface area contributed by atoms with Crippen LogP contribution in [0.4, 0.5) is 0 Å². The lowest BCUT2D eigenvalue weighted by Crippen LogP contribution is -2.53. The minimum absolute atomic E-state index is 0.127. The Labute approximate surface area is 103 Å². The van der Waals surface area contributed by atoms with E-state index >= 15 is 0 Å². The quantitative estimate of drug-likeness (QED) is 0.316. The van der Waals surface area contributed by atoms with Gasteiger partial charge in [-0.1, -0.05) is 0 Å². The van der Waals surface area contributed by atoms with Crippen molar-refractivity contribution in [3.63, 3.8) is 0 Å². The van der Waals surface area contributed by atoms with Crippen LogP contribution in [0.1, 0.15) is 0 Å². The van der Waals surface area contributed by atoms with Gasteiger partial charge in [0.15, 0.2) is 0 Å². The number of aromatic nitrogens is 6. The van der Waals surface area contributed by atoms with Crippen molar-refractivity contribution < 1.29 is 9.98 Å². The van der Waals surface area contributed by atoms with Crippen molar-refractivity contribution in [1.29, 1.82) is 0 Å². The summed E-state index contributed by atoms with van der Waals surface area (Å²) < 4.78 is -0.253. The first-order chi connectivity index (χ1) is 9.38. The molecule has 0 saturated carbocycles. The second-order valence-corrected chi connectivity index (χ2v) is 3.12. The van der Waals surface area contributed by atoms with Crippen molar-refractivity contribution >= 4 is 0 Å². The molecule has 0 radical (unpaired) electrons. The molecule has 2 aromatic rings. The topological polar surface area (TPSA) is 194 Å². The van der Waals surface area contributed by atoms with Gasteiger partial charge in [0, 0.05) is 0 Å². The monoisotopic (exact) mass is 288 g/mol. The summed E-state index contributed by atoms with van der Waals surface area (Å²) in [6, 6.07) is 0. The lowest BCUT2D eigenvalue weighted by atomic mass is 11.0. The second kappa shape index (κ2) is 4.59. The van der Waals surface area contributed by atoms with Crippen molar-refractivity contribution in [3.05, 3.63) is 62.9 Å². The molecule has 0 bridgehead atoms. The fourth-order valence-electron chi connectivity index (χ4n) is 1.04. The van der Waals surface area contributed by atoms with Gasteiger partial charge in [-0.05, 0) is 9.46 Å². The summed E-state index contributed by atoms with van der Waals surface area (Å²) in [5.41, 5.74) is -7.50. The fraction of sp³-hybridized carbons (Fsp3) is 0. The molecular weight excluding hydrogens is 284 g/mol. The van der Waals surface area contributed by atoms with Crippen molar-refractivity contribution in [2.45, 2.75) is 0 Å². The van der Waals surface area contributed by atoms with E-state index in [1.165, 1.54) is 0 Å². The Bertz CT molecular complexity index is 830. The van der Waals surface area contributed by atoms with E-state index in [9.17, 15) is 28.8 Å². The van der Waals surface area contributed by atoms with E-state index in [1.807, 2.05) is 0 Å². The molecule has 14 nitrogen and oxygen atoms in total. The van der Waals surface area contributed by atoms with Crippen LogP contribution in [-0.4, -0.2) is 29.4 Å². The van der Waals surface area contributed by atoms with Crippen LogP contribution in [0.5, 0.6) is 0 Å². The van der Waals surface area contributed by atoms with Gasteiger partial charge >= 0.3 is 34.1 Å². The van der Waals surface area contributed by atoms with Crippen LogP contribution < -0.4 is 44.1 Å². The molecule has 0 spiro atoms. The van der Waals surface area contributed by atoms with E-state index in [-0.39, 0.29) is 9.46 Å². The van der Waals surface area contributed by atoms with Crippen LogP contribution >= 0.6 is 0 Å². The number of nitrogens with zero attached hydrogens (tertiary/aromatic N) is 2. The molecular formula is C6H4N6O8. The Morgan fingerprint density at radius 2 is 0.800 bits per heavy atom. The Balaban J connectivity index is 2.41. The molecule has 14 heteroatoms. The number of H-pyrrole nitrogens is 4. The van der Waals surface area contributed by atoms with Gasteiger partial charge in [0.2, 0.25) is 0 Å². The standard InChI is InChI=1S/C6H4N6O8/c13-1-7-3(15)11(4(16)8-1)19-20-12-5(17)9-2(14)10-6(12)18/h(H2,7,8,13,15,16)(H2,9,10,14,17,18). The molecule has 0 aromatic carbocycles. The first-order valence-corrected chi connectivity index (χ1v) is 4.65. The summed E-state index contributed by atoms with van der Waals surface area (Å²) in [4.78, 5) is 80.8. The Morgan fingerprint density at radius 1 is 0.550 bits per heavy atom. The Hall–Kier alpha value is -3.58. The van der Waals surface area contributed by atoms with Gasteiger partial charge in [-0.25, -0.2) is 28.8 Å². The third-order valence-corrected chi connectivity index (χ3v) is 1.80. The molecule has 0 unspecified atom stereocenters. The van der Waals surface area contributed by atoms with Gasteiger partial charge in [-0.3, -0.25) is 19.9 Å². The highest BCUT2D eigenvalue weighted by Gasteiger charge is 2.09. The fourth-order valence-corrected chi connectivity index (χ4v) is 1.04. The molecule has 106 valence electrons. The predicted octanol–water partition coefficient (Wildman–Crippen LogP) is -5.76. The van der Waals surface area contributed by atoms with Gasteiger partial charge in [0.25, 0.3) is 0 Å². The molecule has 0 fully saturated rings. The number of rotatable bonds is 3. The zero-order valence-corrected chi connectivity index (χ0v) is 9.16. The SMILES string of the molecule is O=c1[nH]c(=O)n(OOn2c(=O)[nH]c(=O)[nH]c2=O)c(=O)[nH]1. The smallest absolute Gasteiger partial charge is 0.256 e. The van der Waals surface area contributed by atoms with Crippen molar-refractivity contribution in [1.82, 2.24) is 29.4 Å². The first-order valence-electron chi connectivity index (χ1n) is 4.65. The number of hydrogen-bond acceptors (Lipinski definition) is 8. The maximum atomic E-state index is 11.2. The number of aromatic amines is 4. The molecule has 0 aliphatic carbocycles. The molecule has 0 aliphatic heterocycles. The van der Waals surface area contributed by atoms with E-state index in [1.54, 1.807) is 19.9 Å². The highest BCUT2D eigenvalue weighted by Crippen LogP contribution is 1.59. The van der Waals surface area contributed by atoms with Crippen molar-refractivity contribution in [2.75, 3.05) is 0 Å². The minimum Gasteiger partial charge on any atom is -0.256 e. The van der Waals surface area contributed by atoms with E-state index in [0.717, 1.165) is 0 Å². The van der Waals surface area contributed by atoms with Crippen LogP contribution in [0.2, 0.25) is 0 Å². The summed E-state index contributed by atoms with van der Waals surface area (Å²) in [7, 11) is 0. The molecule has 2 rings (SSSR count).